The zero-order valence-electron chi connectivity index (χ0n) is 12.5. The monoisotopic (exact) mass is 262 g/mol. The van der Waals surface area contributed by atoms with Crippen molar-refractivity contribution in [2.75, 3.05) is 29.4 Å². The predicted octanol–water partition coefficient (Wildman–Crippen LogP) is 3.09. The molecule has 4 heteroatoms. The number of nitrogens with zero attached hydrogens (tertiary/aromatic N) is 4. The fourth-order valence-electron chi connectivity index (χ4n) is 2.88. The van der Waals surface area contributed by atoms with Gasteiger partial charge in [-0.1, -0.05) is 6.92 Å². The van der Waals surface area contributed by atoms with Crippen LogP contribution < -0.4 is 9.80 Å². The van der Waals surface area contributed by atoms with E-state index in [-0.39, 0.29) is 0 Å². The van der Waals surface area contributed by atoms with Gasteiger partial charge in [0.1, 0.15) is 5.82 Å². The average Bonchev–Trinajstić information content (AvgIpc) is 2.49. The van der Waals surface area contributed by atoms with E-state index >= 15 is 0 Å². The predicted molar refractivity (Wildman–Crippen MR) is 80.9 cm³/mol. The molecule has 0 aromatic carbocycles. The quantitative estimate of drug-likeness (QED) is 0.816. The maximum absolute atomic E-state index is 4.78. The highest BCUT2D eigenvalue weighted by Crippen LogP contribution is 2.25. The van der Waals surface area contributed by atoms with Crippen LogP contribution in [0.3, 0.4) is 0 Å². The molecule has 4 nitrogen and oxygen atoms in total. The third kappa shape index (κ3) is 3.17. The Labute approximate surface area is 116 Å². The Morgan fingerprint density at radius 3 is 2.74 bits per heavy atom. The first kappa shape index (κ1) is 14.1. The highest BCUT2D eigenvalue weighted by Gasteiger charge is 2.22. The molecule has 19 heavy (non-hydrogen) atoms. The van der Waals surface area contributed by atoms with Crippen LogP contribution in [0.25, 0.3) is 0 Å². The maximum Gasteiger partial charge on any atom is 0.227 e. The van der Waals surface area contributed by atoms with Crippen molar-refractivity contribution >= 4 is 11.8 Å². The minimum Gasteiger partial charge on any atom is -0.353 e. The minimum absolute atomic E-state index is 0.646. The molecule has 0 spiro atoms. The highest BCUT2D eigenvalue weighted by molar-refractivity contribution is 5.45. The molecule has 2 rings (SSSR count). The minimum atomic E-state index is 0.646. The van der Waals surface area contributed by atoms with Gasteiger partial charge >= 0.3 is 0 Å². The Hall–Kier alpha value is -1.32. The number of aromatic nitrogens is 2. The van der Waals surface area contributed by atoms with Crippen LogP contribution in [0, 0.1) is 0 Å². The van der Waals surface area contributed by atoms with Crippen LogP contribution in [0.5, 0.6) is 0 Å². The van der Waals surface area contributed by atoms with E-state index in [0.717, 1.165) is 31.4 Å². The molecule has 1 aromatic heterocycles. The van der Waals surface area contributed by atoms with Crippen LogP contribution in [0.4, 0.5) is 11.8 Å². The largest absolute Gasteiger partial charge is 0.353 e. The summed E-state index contributed by atoms with van der Waals surface area (Å²) in [6, 6.07) is 2.70. The van der Waals surface area contributed by atoms with E-state index in [2.05, 4.69) is 41.6 Å². The molecule has 0 amide bonds. The lowest BCUT2D eigenvalue weighted by Gasteiger charge is -2.36. The number of hydrogen-bond donors (Lipinski definition) is 0. The molecule has 106 valence electrons. The Balaban J connectivity index is 2.21. The molecule has 1 atom stereocenters. The Morgan fingerprint density at radius 1 is 1.26 bits per heavy atom. The SMILES string of the molecule is CCC1CCCCN1c1ccnc(N(CC)CC)n1. The van der Waals surface area contributed by atoms with Crippen molar-refractivity contribution in [1.82, 2.24) is 9.97 Å². The van der Waals surface area contributed by atoms with E-state index in [9.17, 15) is 0 Å². The van der Waals surface area contributed by atoms with E-state index in [4.69, 9.17) is 4.98 Å². The molecular weight excluding hydrogens is 236 g/mol. The van der Waals surface area contributed by atoms with Crippen molar-refractivity contribution in [3.63, 3.8) is 0 Å². The summed E-state index contributed by atoms with van der Waals surface area (Å²) < 4.78 is 0. The summed E-state index contributed by atoms with van der Waals surface area (Å²) in [5.74, 6) is 1.96. The highest BCUT2D eigenvalue weighted by atomic mass is 15.3. The van der Waals surface area contributed by atoms with E-state index in [1.165, 1.54) is 25.7 Å². The smallest absolute Gasteiger partial charge is 0.227 e. The first-order chi connectivity index (χ1) is 9.30. The Morgan fingerprint density at radius 2 is 2.05 bits per heavy atom. The molecule has 1 saturated heterocycles. The van der Waals surface area contributed by atoms with E-state index < -0.39 is 0 Å². The summed E-state index contributed by atoms with van der Waals surface area (Å²) in [5.41, 5.74) is 0. The van der Waals surface area contributed by atoms with Crippen molar-refractivity contribution in [3.8, 4) is 0 Å². The Bertz CT molecular complexity index is 389. The average molecular weight is 262 g/mol. The molecule has 2 heterocycles. The molecule has 1 aliphatic heterocycles. The molecule has 0 aliphatic carbocycles. The summed E-state index contributed by atoms with van der Waals surface area (Å²) >= 11 is 0. The van der Waals surface area contributed by atoms with Crippen molar-refractivity contribution in [3.05, 3.63) is 12.3 Å². The second-order valence-corrected chi connectivity index (χ2v) is 5.14. The zero-order chi connectivity index (χ0) is 13.7. The number of anilines is 2. The standard InChI is InChI=1S/C15H26N4/c1-4-13-9-7-8-12-19(13)14-10-11-16-15(17-14)18(5-2)6-3/h10-11,13H,4-9,12H2,1-3H3. The normalized spacial score (nSPS) is 19.5. The fourth-order valence-corrected chi connectivity index (χ4v) is 2.88. The van der Waals surface area contributed by atoms with Crippen LogP contribution >= 0.6 is 0 Å². The fraction of sp³-hybridized carbons (Fsp3) is 0.733. The van der Waals surface area contributed by atoms with Gasteiger partial charge in [0.2, 0.25) is 5.95 Å². The number of rotatable bonds is 5. The summed E-state index contributed by atoms with van der Waals surface area (Å²) in [6.45, 7) is 9.61. The Kier molecular flexibility index (Phi) is 5.00. The second-order valence-electron chi connectivity index (χ2n) is 5.14. The summed E-state index contributed by atoms with van der Waals surface area (Å²) in [4.78, 5) is 13.9. The molecular formula is C15H26N4. The first-order valence-electron chi connectivity index (χ1n) is 7.64. The van der Waals surface area contributed by atoms with Gasteiger partial charge in [0.25, 0.3) is 0 Å². The van der Waals surface area contributed by atoms with E-state index in [1.54, 1.807) is 0 Å². The number of piperidine rings is 1. The lowest BCUT2D eigenvalue weighted by atomic mass is 10.0. The molecule has 1 aromatic rings. The van der Waals surface area contributed by atoms with Gasteiger partial charge in [0.05, 0.1) is 0 Å². The van der Waals surface area contributed by atoms with E-state index in [1.807, 2.05) is 6.20 Å². The van der Waals surface area contributed by atoms with Gasteiger partial charge in [-0.05, 0) is 45.6 Å². The van der Waals surface area contributed by atoms with Crippen LogP contribution in [0.15, 0.2) is 12.3 Å². The summed E-state index contributed by atoms with van der Waals surface area (Å²) in [5, 5.41) is 0. The van der Waals surface area contributed by atoms with Crippen LogP contribution in [-0.2, 0) is 0 Å². The topological polar surface area (TPSA) is 32.3 Å². The molecule has 1 fully saturated rings. The molecule has 0 N–H and O–H groups in total. The van der Waals surface area contributed by atoms with Gasteiger partial charge in [0.15, 0.2) is 0 Å². The van der Waals surface area contributed by atoms with Crippen LogP contribution in [0.1, 0.15) is 46.5 Å². The van der Waals surface area contributed by atoms with Gasteiger partial charge in [-0.25, -0.2) is 4.98 Å². The second kappa shape index (κ2) is 6.73. The molecule has 0 bridgehead atoms. The first-order valence-corrected chi connectivity index (χ1v) is 7.64. The lowest BCUT2D eigenvalue weighted by molar-refractivity contribution is 0.446. The van der Waals surface area contributed by atoms with Gasteiger partial charge < -0.3 is 9.80 Å². The zero-order valence-corrected chi connectivity index (χ0v) is 12.5. The van der Waals surface area contributed by atoms with Gasteiger partial charge in [-0.2, -0.15) is 4.98 Å². The van der Waals surface area contributed by atoms with Crippen LogP contribution in [-0.4, -0.2) is 35.6 Å². The van der Waals surface area contributed by atoms with Crippen molar-refractivity contribution in [2.45, 2.75) is 52.5 Å². The van der Waals surface area contributed by atoms with Crippen molar-refractivity contribution < 1.29 is 0 Å². The van der Waals surface area contributed by atoms with Crippen molar-refractivity contribution in [2.24, 2.45) is 0 Å². The molecule has 1 aliphatic rings. The summed E-state index contributed by atoms with van der Waals surface area (Å²) in [7, 11) is 0. The van der Waals surface area contributed by atoms with Crippen LogP contribution in [0.2, 0.25) is 0 Å². The third-order valence-electron chi connectivity index (χ3n) is 4.07. The van der Waals surface area contributed by atoms with Gasteiger partial charge in [-0.15, -0.1) is 0 Å². The van der Waals surface area contributed by atoms with Gasteiger partial charge in [0, 0.05) is 31.9 Å². The summed E-state index contributed by atoms with van der Waals surface area (Å²) in [6.07, 6.45) is 7.02. The molecule has 1 unspecified atom stereocenters. The molecule has 0 radical (unpaired) electrons. The lowest BCUT2D eigenvalue weighted by Crippen LogP contribution is -2.40. The van der Waals surface area contributed by atoms with Crippen molar-refractivity contribution in [1.29, 1.82) is 0 Å². The molecule has 0 saturated carbocycles. The number of hydrogen-bond acceptors (Lipinski definition) is 4. The van der Waals surface area contributed by atoms with Gasteiger partial charge in [-0.3, -0.25) is 0 Å². The van der Waals surface area contributed by atoms with E-state index in [0.29, 0.717) is 6.04 Å². The maximum atomic E-state index is 4.78. The third-order valence-corrected chi connectivity index (χ3v) is 4.07.